The molecular weight excluding hydrogens is 317 g/mol. The average Bonchev–Trinajstić information content (AvgIpc) is 2.85. The van der Waals surface area contributed by atoms with Gasteiger partial charge in [-0.15, -0.1) is 11.3 Å². The molecule has 3 nitrogen and oxygen atoms in total. The van der Waals surface area contributed by atoms with Crippen molar-refractivity contribution in [3.8, 4) is 0 Å². The number of hydrogen-bond acceptors (Lipinski definition) is 3. The normalized spacial score (nSPS) is 10.3. The van der Waals surface area contributed by atoms with Gasteiger partial charge in [0.05, 0.1) is 19.9 Å². The Morgan fingerprint density at radius 1 is 1.05 bits per heavy atom. The van der Waals surface area contributed by atoms with Crippen LogP contribution in [0.5, 0.6) is 0 Å². The molecule has 0 aliphatic carbocycles. The number of thiophene rings is 1. The maximum atomic E-state index is 11.8. The molecular formula is C14H11Cl2NO2S. The lowest BCUT2D eigenvalue weighted by Crippen LogP contribution is -2.13. The third-order valence-corrected chi connectivity index (χ3v) is 4.18. The van der Waals surface area contributed by atoms with E-state index in [1.54, 1.807) is 36.4 Å². The summed E-state index contributed by atoms with van der Waals surface area (Å²) in [5.41, 5.74) is 0.547. The number of hydrogen-bond donors (Lipinski definition) is 1. The van der Waals surface area contributed by atoms with Crippen molar-refractivity contribution in [3.63, 3.8) is 0 Å². The summed E-state index contributed by atoms with van der Waals surface area (Å²) >= 11 is 12.9. The van der Waals surface area contributed by atoms with Gasteiger partial charge < -0.3 is 5.32 Å². The second-order valence-electron chi connectivity index (χ2n) is 4.05. The molecule has 1 N–H and O–H groups in total. The second-order valence-corrected chi connectivity index (χ2v) is 6.18. The zero-order chi connectivity index (χ0) is 14.5. The highest BCUT2D eigenvalue weighted by molar-refractivity contribution is 7.18. The van der Waals surface area contributed by atoms with Crippen LogP contribution in [0.2, 0.25) is 9.36 Å². The fourth-order valence-electron chi connectivity index (χ4n) is 1.59. The summed E-state index contributed by atoms with van der Waals surface area (Å²) in [5, 5.41) is 3.15. The highest BCUT2D eigenvalue weighted by atomic mass is 35.5. The van der Waals surface area contributed by atoms with Crippen LogP contribution in [0, 0.1) is 0 Å². The molecule has 1 aromatic heterocycles. The van der Waals surface area contributed by atoms with Crippen LogP contribution >= 0.6 is 34.5 Å². The highest BCUT2D eigenvalue weighted by Gasteiger charge is 2.12. The summed E-state index contributed by atoms with van der Waals surface area (Å²) in [6.45, 7) is 0. The summed E-state index contributed by atoms with van der Waals surface area (Å²) in [4.78, 5) is 24.2. The van der Waals surface area contributed by atoms with Gasteiger partial charge in [0.1, 0.15) is 0 Å². The topological polar surface area (TPSA) is 46.2 Å². The van der Waals surface area contributed by atoms with E-state index < -0.39 is 0 Å². The molecule has 2 rings (SSSR count). The van der Waals surface area contributed by atoms with Crippen molar-refractivity contribution < 1.29 is 9.59 Å². The number of rotatable bonds is 5. The Kier molecular flexibility index (Phi) is 5.17. The van der Waals surface area contributed by atoms with E-state index >= 15 is 0 Å². The Balaban J connectivity index is 1.87. The van der Waals surface area contributed by atoms with Crippen molar-refractivity contribution in [2.45, 2.75) is 12.8 Å². The van der Waals surface area contributed by atoms with Gasteiger partial charge in [0.25, 0.3) is 0 Å². The molecule has 0 spiro atoms. The number of amides is 1. The third-order valence-electron chi connectivity index (χ3n) is 2.58. The van der Waals surface area contributed by atoms with Crippen LogP contribution in [0.15, 0.2) is 36.4 Å². The smallest absolute Gasteiger partial charge is 0.224 e. The van der Waals surface area contributed by atoms with E-state index in [1.165, 1.54) is 11.3 Å². The zero-order valence-corrected chi connectivity index (χ0v) is 12.7. The molecule has 0 fully saturated rings. The number of Topliss-reactive ketones (excluding diaryl/α,β-unsaturated/α-hetero) is 1. The summed E-state index contributed by atoms with van der Waals surface area (Å²) in [6.07, 6.45) is 0.257. The van der Waals surface area contributed by atoms with E-state index in [9.17, 15) is 9.59 Å². The Morgan fingerprint density at radius 3 is 2.45 bits per heavy atom. The Bertz CT molecular complexity index is 640. The van der Waals surface area contributed by atoms with Crippen molar-refractivity contribution in [1.82, 2.24) is 0 Å². The largest absolute Gasteiger partial charge is 0.325 e. The van der Waals surface area contributed by atoms with Crippen LogP contribution in [-0.4, -0.2) is 11.7 Å². The molecule has 1 heterocycles. The predicted octanol–water partition coefficient (Wildman–Crippen LogP) is 4.66. The molecule has 0 unspecified atom stereocenters. The molecule has 6 heteroatoms. The lowest BCUT2D eigenvalue weighted by molar-refractivity contribution is -0.116. The Hall–Kier alpha value is -1.36. The van der Waals surface area contributed by atoms with Crippen LogP contribution < -0.4 is 5.32 Å². The van der Waals surface area contributed by atoms with Crippen molar-refractivity contribution in [2.75, 3.05) is 5.32 Å². The second kappa shape index (κ2) is 6.88. The summed E-state index contributed by atoms with van der Waals surface area (Å²) < 4.78 is 0.564. The molecule has 104 valence electrons. The Morgan fingerprint density at radius 2 is 1.80 bits per heavy atom. The van der Waals surface area contributed by atoms with Gasteiger partial charge in [-0.3, -0.25) is 9.59 Å². The van der Waals surface area contributed by atoms with Crippen molar-refractivity contribution in [1.29, 1.82) is 0 Å². The molecule has 0 bridgehead atoms. The number of nitrogens with one attached hydrogen (secondary N) is 1. The summed E-state index contributed by atoms with van der Waals surface area (Å²) in [5.74, 6) is -0.328. The fourth-order valence-corrected chi connectivity index (χ4v) is 2.78. The van der Waals surface area contributed by atoms with E-state index in [4.69, 9.17) is 23.2 Å². The van der Waals surface area contributed by atoms with Gasteiger partial charge in [0.15, 0.2) is 5.78 Å². The lowest BCUT2D eigenvalue weighted by Gasteiger charge is -2.06. The molecule has 0 saturated carbocycles. The van der Waals surface area contributed by atoms with Crippen LogP contribution in [0.1, 0.15) is 22.5 Å². The molecule has 0 radical (unpaired) electrons. The average molecular weight is 328 g/mol. The zero-order valence-electron chi connectivity index (χ0n) is 10.4. The monoisotopic (exact) mass is 327 g/mol. The minimum absolute atomic E-state index is 0.0868. The van der Waals surface area contributed by atoms with Crippen LogP contribution in [0.25, 0.3) is 0 Å². The van der Waals surface area contributed by atoms with E-state index in [1.807, 2.05) is 0 Å². The van der Waals surface area contributed by atoms with E-state index in [2.05, 4.69) is 5.32 Å². The molecule has 0 atom stereocenters. The quantitative estimate of drug-likeness (QED) is 0.812. The van der Waals surface area contributed by atoms with Crippen LogP contribution in [0.3, 0.4) is 0 Å². The maximum absolute atomic E-state index is 11.8. The third kappa shape index (κ3) is 4.07. The van der Waals surface area contributed by atoms with Gasteiger partial charge in [0, 0.05) is 12.8 Å². The van der Waals surface area contributed by atoms with Gasteiger partial charge in [-0.1, -0.05) is 35.3 Å². The lowest BCUT2D eigenvalue weighted by atomic mass is 10.2. The van der Waals surface area contributed by atoms with E-state index in [0.717, 1.165) is 0 Å². The minimum Gasteiger partial charge on any atom is -0.325 e. The molecule has 1 amide bonds. The SMILES string of the molecule is O=C(CCC(=O)c1ccc(Cl)s1)Nc1ccccc1Cl. The molecule has 2 aromatic rings. The number of para-hydroxylation sites is 1. The summed E-state index contributed by atoms with van der Waals surface area (Å²) in [6, 6.07) is 10.3. The van der Waals surface area contributed by atoms with Gasteiger partial charge in [0.2, 0.25) is 5.91 Å². The first-order valence-corrected chi connectivity index (χ1v) is 7.46. The van der Waals surface area contributed by atoms with E-state index in [-0.39, 0.29) is 24.5 Å². The first-order chi connectivity index (χ1) is 9.56. The number of ketones is 1. The van der Waals surface area contributed by atoms with Gasteiger partial charge in [-0.25, -0.2) is 0 Å². The number of benzene rings is 1. The minimum atomic E-state index is -0.242. The van der Waals surface area contributed by atoms with Crippen LogP contribution in [-0.2, 0) is 4.79 Å². The fraction of sp³-hybridized carbons (Fsp3) is 0.143. The van der Waals surface area contributed by atoms with Gasteiger partial charge in [-0.05, 0) is 24.3 Å². The predicted molar refractivity (Wildman–Crippen MR) is 83.0 cm³/mol. The number of carbonyl (C=O) groups is 2. The molecule has 20 heavy (non-hydrogen) atoms. The molecule has 0 saturated heterocycles. The Labute approximate surface area is 130 Å². The summed E-state index contributed by atoms with van der Waals surface area (Å²) in [7, 11) is 0. The number of carbonyl (C=O) groups excluding carboxylic acids is 2. The molecule has 0 aliphatic rings. The first-order valence-electron chi connectivity index (χ1n) is 5.89. The maximum Gasteiger partial charge on any atom is 0.224 e. The van der Waals surface area contributed by atoms with Crippen molar-refractivity contribution in [2.24, 2.45) is 0 Å². The number of halogens is 2. The molecule has 1 aromatic carbocycles. The first kappa shape index (κ1) is 15.0. The van der Waals surface area contributed by atoms with Crippen LogP contribution in [0.4, 0.5) is 5.69 Å². The molecule has 0 aliphatic heterocycles. The van der Waals surface area contributed by atoms with Crippen molar-refractivity contribution in [3.05, 3.63) is 50.6 Å². The standard InChI is InChI=1S/C14H11Cl2NO2S/c15-9-3-1-2-4-10(9)17-14(19)8-5-11(18)12-6-7-13(16)20-12/h1-4,6-7H,5,8H2,(H,17,19). The van der Waals surface area contributed by atoms with Gasteiger partial charge >= 0.3 is 0 Å². The number of anilines is 1. The van der Waals surface area contributed by atoms with Gasteiger partial charge in [-0.2, -0.15) is 0 Å². The van der Waals surface area contributed by atoms with E-state index in [0.29, 0.717) is 19.9 Å². The highest BCUT2D eigenvalue weighted by Crippen LogP contribution is 2.23. The van der Waals surface area contributed by atoms with Crippen molar-refractivity contribution >= 4 is 51.9 Å².